The molecule has 2 atom stereocenters. The van der Waals surface area contributed by atoms with Gasteiger partial charge in [0.25, 0.3) is 10.0 Å². The number of rotatable bonds is 4. The van der Waals surface area contributed by atoms with Gasteiger partial charge in [0.05, 0.1) is 17.6 Å². The minimum absolute atomic E-state index is 0.192. The molecule has 0 aromatic heterocycles. The second-order valence-corrected chi connectivity index (χ2v) is 7.79. The van der Waals surface area contributed by atoms with Crippen LogP contribution >= 0.6 is 0 Å². The van der Waals surface area contributed by atoms with Gasteiger partial charge in [-0.25, -0.2) is 8.42 Å². The molecule has 1 aliphatic heterocycles. The van der Waals surface area contributed by atoms with E-state index in [0.29, 0.717) is 18.3 Å². The molecule has 1 heterocycles. The smallest absolute Gasteiger partial charge is 0.261 e. The number of hydrogen-bond acceptors (Lipinski definition) is 4. The molecule has 1 saturated heterocycles. The van der Waals surface area contributed by atoms with E-state index in [2.05, 4.69) is 23.5 Å². The Balaban J connectivity index is 1.75. The average molecular weight is 346 g/mol. The number of ether oxygens (including phenoxy) is 1. The molecule has 0 saturated carbocycles. The van der Waals surface area contributed by atoms with Crippen LogP contribution in [-0.4, -0.2) is 33.7 Å². The third-order valence-electron chi connectivity index (χ3n) is 4.11. The summed E-state index contributed by atoms with van der Waals surface area (Å²) in [5, 5.41) is 0. The van der Waals surface area contributed by atoms with E-state index in [-0.39, 0.29) is 11.0 Å². The molecule has 24 heavy (non-hydrogen) atoms. The summed E-state index contributed by atoms with van der Waals surface area (Å²) in [6.07, 6.45) is 0.192. The number of hydrogen-bond donors (Lipinski definition) is 1. The zero-order valence-corrected chi connectivity index (χ0v) is 14.7. The van der Waals surface area contributed by atoms with Crippen molar-refractivity contribution in [1.29, 1.82) is 0 Å². The van der Waals surface area contributed by atoms with Gasteiger partial charge in [-0.2, -0.15) is 0 Å². The number of benzene rings is 2. The molecule has 1 fully saturated rings. The monoisotopic (exact) mass is 346 g/mol. The van der Waals surface area contributed by atoms with Crippen LogP contribution in [0.3, 0.4) is 0 Å². The number of anilines is 2. The van der Waals surface area contributed by atoms with Gasteiger partial charge < -0.3 is 9.64 Å². The Morgan fingerprint density at radius 3 is 2.38 bits per heavy atom. The fraction of sp³-hybridized carbons (Fsp3) is 0.333. The molecule has 0 aliphatic carbocycles. The molecule has 1 aliphatic rings. The van der Waals surface area contributed by atoms with Crippen LogP contribution in [0, 0.1) is 0 Å². The molecule has 0 spiro atoms. The van der Waals surface area contributed by atoms with Crippen molar-refractivity contribution in [3.8, 4) is 0 Å². The maximum atomic E-state index is 12.3. The average Bonchev–Trinajstić information content (AvgIpc) is 2.58. The van der Waals surface area contributed by atoms with Crippen LogP contribution in [0.2, 0.25) is 0 Å². The van der Waals surface area contributed by atoms with Gasteiger partial charge in [-0.15, -0.1) is 0 Å². The molecule has 0 radical (unpaired) electrons. The Labute approximate surface area is 143 Å². The molecule has 5 nitrogen and oxygen atoms in total. The van der Waals surface area contributed by atoms with Gasteiger partial charge >= 0.3 is 0 Å². The van der Waals surface area contributed by atoms with E-state index in [1.807, 2.05) is 12.1 Å². The van der Waals surface area contributed by atoms with E-state index in [9.17, 15) is 8.42 Å². The lowest BCUT2D eigenvalue weighted by molar-refractivity contribution is 0.0344. The summed E-state index contributed by atoms with van der Waals surface area (Å²) in [5.41, 5.74) is 1.62. The van der Waals surface area contributed by atoms with Crippen LogP contribution in [0.5, 0.6) is 0 Å². The maximum absolute atomic E-state index is 12.3. The number of nitrogens with one attached hydrogen (secondary N) is 1. The summed E-state index contributed by atoms with van der Waals surface area (Å²) in [6.45, 7) is 5.71. The van der Waals surface area contributed by atoms with Crippen molar-refractivity contribution < 1.29 is 13.2 Å². The third-order valence-corrected chi connectivity index (χ3v) is 5.51. The van der Waals surface area contributed by atoms with Crippen molar-refractivity contribution >= 4 is 21.4 Å². The Morgan fingerprint density at radius 2 is 1.71 bits per heavy atom. The normalized spacial score (nSPS) is 21.5. The third kappa shape index (κ3) is 3.71. The van der Waals surface area contributed by atoms with E-state index in [0.717, 1.165) is 12.2 Å². The van der Waals surface area contributed by atoms with Crippen LogP contribution in [0.15, 0.2) is 59.5 Å². The fourth-order valence-corrected chi connectivity index (χ4v) is 3.88. The standard InChI is InChI=1S/C18H22N2O3S/c1-14-13-23-15(2)12-20(14)17-10-8-16(9-11-17)19-24(21,22)18-6-4-3-5-7-18/h3-11,14-15,19H,12-13H2,1-2H3. The Hall–Kier alpha value is -2.05. The van der Waals surface area contributed by atoms with Gasteiger partial charge in [-0.3, -0.25) is 4.72 Å². The van der Waals surface area contributed by atoms with Crippen molar-refractivity contribution in [1.82, 2.24) is 0 Å². The highest BCUT2D eigenvalue weighted by molar-refractivity contribution is 7.92. The quantitative estimate of drug-likeness (QED) is 0.924. The minimum atomic E-state index is -3.55. The summed E-state index contributed by atoms with van der Waals surface area (Å²) in [4.78, 5) is 2.54. The predicted molar refractivity (Wildman–Crippen MR) is 95.9 cm³/mol. The molecule has 6 heteroatoms. The van der Waals surface area contributed by atoms with Crippen LogP contribution in [0.25, 0.3) is 0 Å². The summed E-state index contributed by atoms with van der Waals surface area (Å²) in [6, 6.07) is 16.1. The van der Waals surface area contributed by atoms with Crippen LogP contribution in [0.1, 0.15) is 13.8 Å². The first kappa shape index (κ1) is 16.8. The van der Waals surface area contributed by atoms with E-state index in [4.69, 9.17) is 4.74 Å². The zero-order valence-electron chi connectivity index (χ0n) is 13.8. The van der Waals surface area contributed by atoms with Crippen LogP contribution < -0.4 is 9.62 Å². The van der Waals surface area contributed by atoms with Gasteiger partial charge in [-0.1, -0.05) is 18.2 Å². The SMILES string of the molecule is CC1CN(c2ccc(NS(=O)(=O)c3ccccc3)cc2)C(C)CO1. The van der Waals surface area contributed by atoms with Gasteiger partial charge in [0.2, 0.25) is 0 Å². The molecular formula is C18H22N2O3S. The van der Waals surface area contributed by atoms with E-state index in [1.54, 1.807) is 42.5 Å². The summed E-state index contributed by atoms with van der Waals surface area (Å²) >= 11 is 0. The fourth-order valence-electron chi connectivity index (χ4n) is 2.80. The van der Waals surface area contributed by atoms with E-state index < -0.39 is 10.0 Å². The molecule has 0 amide bonds. The Morgan fingerprint density at radius 1 is 1.04 bits per heavy atom. The van der Waals surface area contributed by atoms with Crippen molar-refractivity contribution in [2.45, 2.75) is 30.9 Å². The molecule has 128 valence electrons. The highest BCUT2D eigenvalue weighted by atomic mass is 32.2. The van der Waals surface area contributed by atoms with Gasteiger partial charge in [0.1, 0.15) is 0 Å². The maximum Gasteiger partial charge on any atom is 0.261 e. The molecule has 3 rings (SSSR count). The van der Waals surface area contributed by atoms with Crippen molar-refractivity contribution in [2.24, 2.45) is 0 Å². The first-order valence-electron chi connectivity index (χ1n) is 8.02. The molecule has 2 aromatic carbocycles. The van der Waals surface area contributed by atoms with Gasteiger partial charge in [-0.05, 0) is 50.2 Å². The zero-order chi connectivity index (χ0) is 17.2. The number of sulfonamides is 1. The van der Waals surface area contributed by atoms with Gasteiger partial charge in [0, 0.05) is 24.0 Å². The largest absolute Gasteiger partial charge is 0.375 e. The minimum Gasteiger partial charge on any atom is -0.375 e. The van der Waals surface area contributed by atoms with Gasteiger partial charge in [0.15, 0.2) is 0 Å². The molecule has 2 aromatic rings. The lowest BCUT2D eigenvalue weighted by Gasteiger charge is -2.38. The predicted octanol–water partition coefficient (Wildman–Crippen LogP) is 3.10. The van der Waals surface area contributed by atoms with Crippen molar-refractivity contribution in [2.75, 3.05) is 22.8 Å². The highest BCUT2D eigenvalue weighted by Crippen LogP contribution is 2.24. The van der Waals surface area contributed by atoms with Crippen molar-refractivity contribution in [3.05, 3.63) is 54.6 Å². The van der Waals surface area contributed by atoms with Crippen LogP contribution in [0.4, 0.5) is 11.4 Å². The lowest BCUT2D eigenvalue weighted by atomic mass is 10.1. The lowest BCUT2D eigenvalue weighted by Crippen LogP contribution is -2.47. The highest BCUT2D eigenvalue weighted by Gasteiger charge is 2.23. The second kappa shape index (κ2) is 6.83. The Bertz CT molecular complexity index is 776. The topological polar surface area (TPSA) is 58.6 Å². The second-order valence-electron chi connectivity index (χ2n) is 6.11. The summed E-state index contributed by atoms with van der Waals surface area (Å²) in [7, 11) is -3.55. The molecule has 2 unspecified atom stereocenters. The Kier molecular flexibility index (Phi) is 4.78. The first-order chi connectivity index (χ1) is 11.5. The summed E-state index contributed by atoms with van der Waals surface area (Å²) in [5.74, 6) is 0. The van der Waals surface area contributed by atoms with Crippen LogP contribution in [-0.2, 0) is 14.8 Å². The van der Waals surface area contributed by atoms with Crippen molar-refractivity contribution in [3.63, 3.8) is 0 Å². The van der Waals surface area contributed by atoms with E-state index in [1.165, 1.54) is 0 Å². The first-order valence-corrected chi connectivity index (χ1v) is 9.50. The molecular weight excluding hydrogens is 324 g/mol. The van der Waals surface area contributed by atoms with E-state index >= 15 is 0 Å². The summed E-state index contributed by atoms with van der Waals surface area (Å²) < 4.78 is 33.0. The number of morpholine rings is 1. The molecule has 0 bridgehead atoms. The molecule has 1 N–H and O–H groups in total. The number of nitrogens with zero attached hydrogens (tertiary/aromatic N) is 1.